The summed E-state index contributed by atoms with van der Waals surface area (Å²) in [6.45, 7) is 0. The van der Waals surface area contributed by atoms with E-state index in [4.69, 9.17) is 19.9 Å². The Kier molecular flexibility index (Phi) is 7.45. The van der Waals surface area contributed by atoms with Gasteiger partial charge in [-0.15, -0.1) is 0 Å². The number of hydrogen-bond donors (Lipinski definition) is 0. The summed E-state index contributed by atoms with van der Waals surface area (Å²) in [7, 11) is 0. The summed E-state index contributed by atoms with van der Waals surface area (Å²) in [6.07, 6.45) is 0. The normalized spacial score (nSPS) is 11.2. The van der Waals surface area contributed by atoms with Gasteiger partial charge in [-0.1, -0.05) is 170 Å². The zero-order valence-corrected chi connectivity index (χ0v) is 27.1. The molecule has 2 heterocycles. The maximum atomic E-state index is 5.24. The van der Waals surface area contributed by atoms with Gasteiger partial charge in [0.25, 0.3) is 0 Å². The van der Waals surface area contributed by atoms with Crippen LogP contribution in [0.15, 0.2) is 182 Å². The highest BCUT2D eigenvalue weighted by molar-refractivity contribution is 5.96. The lowest BCUT2D eigenvalue weighted by atomic mass is 9.96. The van der Waals surface area contributed by atoms with Crippen molar-refractivity contribution >= 4 is 21.7 Å². The van der Waals surface area contributed by atoms with Gasteiger partial charge in [0.2, 0.25) is 0 Å². The van der Waals surface area contributed by atoms with Gasteiger partial charge < -0.3 is 0 Å². The SMILES string of the molecule is c1ccc(-c2ccccc2-c2cc(-c3ccc(-c4nc(-c5ccccc5)c5ccccc5n4)cc3)nc(-c3cccc4ccccc34)n2)cc1. The molecule has 0 saturated carbocycles. The molecule has 0 atom stereocenters. The second kappa shape index (κ2) is 12.7. The van der Waals surface area contributed by atoms with E-state index in [9.17, 15) is 0 Å². The Balaban J connectivity index is 1.19. The fourth-order valence-corrected chi connectivity index (χ4v) is 6.66. The molecule has 0 bridgehead atoms. The molecule has 9 rings (SSSR count). The first kappa shape index (κ1) is 29.4. The second-order valence-electron chi connectivity index (χ2n) is 12.3. The van der Waals surface area contributed by atoms with E-state index >= 15 is 0 Å². The van der Waals surface area contributed by atoms with Crippen LogP contribution in [0.3, 0.4) is 0 Å². The Morgan fingerprint density at radius 3 is 1.68 bits per heavy atom. The van der Waals surface area contributed by atoms with Gasteiger partial charge in [0.15, 0.2) is 11.6 Å². The summed E-state index contributed by atoms with van der Waals surface area (Å²) in [5.41, 5.74) is 10.9. The molecular formula is C46H30N4. The van der Waals surface area contributed by atoms with Gasteiger partial charge >= 0.3 is 0 Å². The summed E-state index contributed by atoms with van der Waals surface area (Å²) in [4.78, 5) is 20.5. The quantitative estimate of drug-likeness (QED) is 0.182. The number of rotatable bonds is 6. The van der Waals surface area contributed by atoms with Crippen molar-refractivity contribution in [3.63, 3.8) is 0 Å². The van der Waals surface area contributed by atoms with Gasteiger partial charge in [0.1, 0.15) is 0 Å². The first-order chi connectivity index (χ1) is 24.8. The van der Waals surface area contributed by atoms with E-state index in [1.165, 1.54) is 0 Å². The van der Waals surface area contributed by atoms with E-state index in [2.05, 4.69) is 140 Å². The molecule has 7 aromatic carbocycles. The molecule has 0 aliphatic heterocycles. The van der Waals surface area contributed by atoms with Gasteiger partial charge in [-0.05, 0) is 34.0 Å². The van der Waals surface area contributed by atoms with Crippen LogP contribution < -0.4 is 0 Å². The first-order valence-corrected chi connectivity index (χ1v) is 16.7. The van der Waals surface area contributed by atoms with E-state index < -0.39 is 0 Å². The Hall–Kier alpha value is -6.78. The molecule has 4 heteroatoms. The number of aromatic nitrogens is 4. The number of hydrogen-bond acceptors (Lipinski definition) is 4. The smallest absolute Gasteiger partial charge is 0.161 e. The maximum absolute atomic E-state index is 5.24. The van der Waals surface area contributed by atoms with Crippen LogP contribution >= 0.6 is 0 Å². The highest BCUT2D eigenvalue weighted by atomic mass is 14.9. The minimum Gasteiger partial charge on any atom is -0.228 e. The lowest BCUT2D eigenvalue weighted by Gasteiger charge is -2.14. The van der Waals surface area contributed by atoms with Crippen LogP contribution in [-0.2, 0) is 0 Å². The third kappa shape index (κ3) is 5.49. The monoisotopic (exact) mass is 638 g/mol. The predicted molar refractivity (Wildman–Crippen MR) is 205 cm³/mol. The minimum atomic E-state index is 0.686. The number of benzene rings is 7. The Bertz CT molecular complexity index is 2630. The van der Waals surface area contributed by atoms with Crippen molar-refractivity contribution in [1.29, 1.82) is 0 Å². The molecule has 2 aromatic heterocycles. The van der Waals surface area contributed by atoms with E-state index in [0.717, 1.165) is 77.7 Å². The molecule has 0 aliphatic rings. The molecule has 0 amide bonds. The van der Waals surface area contributed by atoms with Crippen LogP contribution in [0.1, 0.15) is 0 Å². The third-order valence-electron chi connectivity index (χ3n) is 9.13. The van der Waals surface area contributed by atoms with Crippen molar-refractivity contribution in [2.24, 2.45) is 0 Å². The van der Waals surface area contributed by atoms with Crippen LogP contribution in [-0.4, -0.2) is 19.9 Å². The van der Waals surface area contributed by atoms with Gasteiger partial charge in [0, 0.05) is 33.2 Å². The van der Waals surface area contributed by atoms with Gasteiger partial charge in [-0.25, -0.2) is 19.9 Å². The maximum Gasteiger partial charge on any atom is 0.161 e. The largest absolute Gasteiger partial charge is 0.228 e. The van der Waals surface area contributed by atoms with Crippen LogP contribution in [0, 0.1) is 0 Å². The lowest BCUT2D eigenvalue weighted by molar-refractivity contribution is 1.19. The first-order valence-electron chi connectivity index (χ1n) is 16.7. The van der Waals surface area contributed by atoms with Crippen molar-refractivity contribution < 1.29 is 0 Å². The second-order valence-corrected chi connectivity index (χ2v) is 12.3. The van der Waals surface area contributed by atoms with Crippen molar-refractivity contribution in [3.05, 3.63) is 182 Å². The molecule has 0 unspecified atom stereocenters. The fourth-order valence-electron chi connectivity index (χ4n) is 6.66. The topological polar surface area (TPSA) is 51.6 Å². The van der Waals surface area contributed by atoms with Gasteiger partial charge in [-0.3, -0.25) is 0 Å². The fraction of sp³-hybridized carbons (Fsp3) is 0. The molecule has 0 spiro atoms. The molecule has 0 N–H and O–H groups in total. The Labute approximate surface area is 290 Å². The van der Waals surface area contributed by atoms with Crippen LogP contribution in [0.4, 0.5) is 0 Å². The Morgan fingerprint density at radius 1 is 0.300 bits per heavy atom. The molecule has 0 saturated heterocycles. The summed E-state index contributed by atoms with van der Waals surface area (Å²) in [6, 6.07) is 62.6. The summed E-state index contributed by atoms with van der Waals surface area (Å²) < 4.78 is 0. The minimum absolute atomic E-state index is 0.686. The molecule has 4 nitrogen and oxygen atoms in total. The Morgan fingerprint density at radius 2 is 0.880 bits per heavy atom. The van der Waals surface area contributed by atoms with Gasteiger partial charge in [0.05, 0.1) is 22.6 Å². The zero-order valence-electron chi connectivity index (χ0n) is 27.1. The number of nitrogens with zero attached hydrogens (tertiary/aromatic N) is 4. The van der Waals surface area contributed by atoms with Crippen LogP contribution in [0.5, 0.6) is 0 Å². The molecule has 0 fully saturated rings. The summed E-state index contributed by atoms with van der Waals surface area (Å²) >= 11 is 0. The standard InChI is InChI=1S/C46H30N4/c1-3-14-31(15-4-1)36-20-9-10-22-38(36)43-30-42(48-46(49-43)39-24-13-19-32-16-7-8-21-37(32)39)33-26-28-35(29-27-33)45-47-41-25-12-11-23-40(41)44(50-45)34-17-5-2-6-18-34/h1-30H. The number of para-hydroxylation sites is 1. The molecular weight excluding hydrogens is 609 g/mol. The van der Waals surface area contributed by atoms with Crippen molar-refractivity contribution in [3.8, 4) is 67.7 Å². The summed E-state index contributed by atoms with van der Waals surface area (Å²) in [5.74, 6) is 1.37. The molecule has 0 aliphatic carbocycles. The van der Waals surface area contributed by atoms with E-state index in [1.807, 2.05) is 42.5 Å². The molecule has 234 valence electrons. The highest BCUT2D eigenvalue weighted by Crippen LogP contribution is 2.36. The average molecular weight is 639 g/mol. The van der Waals surface area contributed by atoms with E-state index in [-0.39, 0.29) is 0 Å². The average Bonchev–Trinajstić information content (AvgIpc) is 3.21. The highest BCUT2D eigenvalue weighted by Gasteiger charge is 2.16. The zero-order chi connectivity index (χ0) is 33.3. The van der Waals surface area contributed by atoms with E-state index in [0.29, 0.717) is 11.6 Å². The molecule has 9 aromatic rings. The third-order valence-corrected chi connectivity index (χ3v) is 9.13. The lowest BCUT2D eigenvalue weighted by Crippen LogP contribution is -1.98. The van der Waals surface area contributed by atoms with Crippen molar-refractivity contribution in [1.82, 2.24) is 19.9 Å². The van der Waals surface area contributed by atoms with E-state index in [1.54, 1.807) is 0 Å². The number of fused-ring (bicyclic) bond motifs is 2. The molecule has 0 radical (unpaired) electrons. The van der Waals surface area contributed by atoms with Crippen LogP contribution in [0.25, 0.3) is 89.4 Å². The predicted octanol–water partition coefficient (Wildman–Crippen LogP) is 11.6. The van der Waals surface area contributed by atoms with Crippen molar-refractivity contribution in [2.45, 2.75) is 0 Å². The van der Waals surface area contributed by atoms with Crippen LogP contribution in [0.2, 0.25) is 0 Å². The van der Waals surface area contributed by atoms with Gasteiger partial charge in [-0.2, -0.15) is 0 Å². The van der Waals surface area contributed by atoms with Crippen molar-refractivity contribution in [2.75, 3.05) is 0 Å². The molecule has 50 heavy (non-hydrogen) atoms. The summed E-state index contributed by atoms with van der Waals surface area (Å²) in [5, 5.41) is 3.30.